The second kappa shape index (κ2) is 19.9. The first-order valence-electron chi connectivity index (χ1n) is 16.5. The molecule has 48 heavy (non-hydrogen) atoms. The molecule has 268 valence electrons. The lowest BCUT2D eigenvalue weighted by molar-refractivity contribution is -0.144. The maximum Gasteiger partial charge on any atom is 0.246 e. The van der Waals surface area contributed by atoms with E-state index in [1.807, 2.05) is 71.4 Å². The predicted octanol–water partition coefficient (Wildman–Crippen LogP) is 2.07. The fraction of sp³-hybridized carbons (Fsp3) is 0.647. The molecule has 1 aliphatic heterocycles. The smallest absolute Gasteiger partial charge is 0.246 e. The van der Waals surface area contributed by atoms with Crippen LogP contribution in [0.2, 0.25) is 0 Å². The number of ether oxygens (including phenoxy) is 4. The quantitative estimate of drug-likeness (QED) is 0.151. The number of aliphatic hydroxyl groups excluding tert-OH is 1. The van der Waals surface area contributed by atoms with Crippen molar-refractivity contribution in [1.82, 2.24) is 25.8 Å². The van der Waals surface area contributed by atoms with Gasteiger partial charge in [0.15, 0.2) is 0 Å². The van der Waals surface area contributed by atoms with Gasteiger partial charge in [-0.15, -0.1) is 11.3 Å². The zero-order valence-corrected chi connectivity index (χ0v) is 29.9. The summed E-state index contributed by atoms with van der Waals surface area (Å²) in [6, 6.07) is 5.79. The number of benzene rings is 1. The Kier molecular flexibility index (Phi) is 16.3. The number of nitrogens with one attached hydrogen (secondary N) is 3. The molecule has 3 rings (SSSR count). The van der Waals surface area contributed by atoms with E-state index in [2.05, 4.69) is 20.9 Å². The fourth-order valence-corrected chi connectivity index (χ4v) is 6.03. The van der Waals surface area contributed by atoms with Crippen LogP contribution in [0.3, 0.4) is 0 Å². The van der Waals surface area contributed by atoms with Crippen LogP contribution in [0.15, 0.2) is 29.8 Å². The van der Waals surface area contributed by atoms with Crippen molar-refractivity contribution in [3.05, 3.63) is 41.0 Å². The number of thiazole rings is 1. The minimum atomic E-state index is -0.940. The molecule has 1 saturated heterocycles. The van der Waals surface area contributed by atoms with Gasteiger partial charge in [0.05, 0.1) is 74.5 Å². The first-order valence-corrected chi connectivity index (χ1v) is 17.3. The van der Waals surface area contributed by atoms with Crippen molar-refractivity contribution in [2.75, 3.05) is 73.0 Å². The number of carbonyl (C=O) groups is 3. The first-order chi connectivity index (χ1) is 22.9. The van der Waals surface area contributed by atoms with Crippen molar-refractivity contribution < 1.29 is 38.4 Å². The zero-order valence-electron chi connectivity index (χ0n) is 29.1. The van der Waals surface area contributed by atoms with Crippen LogP contribution in [0.4, 0.5) is 0 Å². The Morgan fingerprint density at radius 2 is 1.58 bits per heavy atom. The van der Waals surface area contributed by atoms with Gasteiger partial charge in [0.1, 0.15) is 18.7 Å². The summed E-state index contributed by atoms with van der Waals surface area (Å²) in [5, 5.41) is 19.3. The average molecular weight is 692 g/mol. The Balaban J connectivity index is 1.46. The number of β-amino-alcohol motifs (C(OH)–C–C–N with tert-alkyl or cyclic N) is 1. The molecule has 0 bridgehead atoms. The van der Waals surface area contributed by atoms with Crippen LogP contribution < -0.4 is 16.0 Å². The third kappa shape index (κ3) is 12.5. The highest BCUT2D eigenvalue weighted by molar-refractivity contribution is 7.13. The van der Waals surface area contributed by atoms with Gasteiger partial charge < -0.3 is 44.9 Å². The molecule has 14 heteroatoms. The summed E-state index contributed by atoms with van der Waals surface area (Å²) < 4.78 is 21.7. The van der Waals surface area contributed by atoms with Crippen LogP contribution in [-0.4, -0.2) is 124 Å². The molecule has 1 aromatic carbocycles. The molecule has 1 aromatic heterocycles. The number of aliphatic hydroxyl groups is 1. The lowest BCUT2D eigenvalue weighted by Gasteiger charge is -2.35. The zero-order chi connectivity index (χ0) is 35.1. The van der Waals surface area contributed by atoms with E-state index in [0.717, 1.165) is 28.2 Å². The molecule has 2 aromatic rings. The number of likely N-dealkylation sites (tertiary alicyclic amines) is 1. The Morgan fingerprint density at radius 3 is 2.15 bits per heavy atom. The molecular weight excluding hydrogens is 638 g/mol. The molecule has 0 saturated carbocycles. The van der Waals surface area contributed by atoms with Gasteiger partial charge >= 0.3 is 0 Å². The number of likely N-dealkylation sites (N-methyl/N-ethyl adjacent to an activating group) is 1. The number of aromatic nitrogens is 1. The molecule has 0 aliphatic carbocycles. The second-order valence-corrected chi connectivity index (χ2v) is 13.7. The Bertz CT molecular complexity index is 1290. The molecular formula is C34H53N5O8S. The molecule has 4 unspecified atom stereocenters. The number of carbonyl (C=O) groups excluding carboxylic acids is 3. The summed E-state index contributed by atoms with van der Waals surface area (Å²) in [5.74, 6) is -1.25. The number of amides is 3. The van der Waals surface area contributed by atoms with Gasteiger partial charge in [0.2, 0.25) is 17.7 Å². The van der Waals surface area contributed by atoms with E-state index in [4.69, 9.17) is 18.9 Å². The van der Waals surface area contributed by atoms with Gasteiger partial charge in [0, 0.05) is 19.5 Å². The largest absolute Gasteiger partial charge is 0.391 e. The van der Waals surface area contributed by atoms with Gasteiger partial charge in [-0.2, -0.15) is 0 Å². The summed E-state index contributed by atoms with van der Waals surface area (Å²) in [6.45, 7) is 12.8. The summed E-state index contributed by atoms with van der Waals surface area (Å²) in [4.78, 5) is 46.9. The van der Waals surface area contributed by atoms with Crippen molar-refractivity contribution in [2.24, 2.45) is 5.41 Å². The Hall–Kier alpha value is -2.98. The van der Waals surface area contributed by atoms with E-state index < -0.39 is 35.4 Å². The van der Waals surface area contributed by atoms with E-state index >= 15 is 0 Å². The molecule has 4 N–H and O–H groups in total. The van der Waals surface area contributed by atoms with Gasteiger partial charge in [-0.3, -0.25) is 14.4 Å². The maximum atomic E-state index is 13.8. The number of hydrogen-bond donors (Lipinski definition) is 4. The molecule has 0 spiro atoms. The molecule has 4 atom stereocenters. The Labute approximate surface area is 288 Å². The minimum absolute atomic E-state index is 0.00242. The molecule has 1 aliphatic rings. The van der Waals surface area contributed by atoms with Gasteiger partial charge in [-0.25, -0.2) is 4.98 Å². The fourth-order valence-electron chi connectivity index (χ4n) is 5.22. The third-order valence-electron chi connectivity index (χ3n) is 7.91. The SMILES string of the molecule is CNCCOCCOCCOCCOCC(=O)NC(C(=O)N1CC(O)CC1C(=O)NC(C)c1ccc(-c2scnc2C)cc1)C(C)(C)C. The minimum Gasteiger partial charge on any atom is -0.391 e. The average Bonchev–Trinajstić information content (AvgIpc) is 3.66. The standard InChI is InChI=1S/C34H53N5O8S/c1-23(25-7-9-26(10-8-25)30-24(2)36-22-48-30)37-32(42)28-19-27(40)20-39(28)33(43)31(34(3,4)5)38-29(41)21-47-18-17-46-16-15-45-14-13-44-12-11-35-6/h7-10,22-23,27-28,31,35,40H,11-21H2,1-6H3,(H,37,42)(H,38,41). The maximum absolute atomic E-state index is 13.8. The summed E-state index contributed by atoms with van der Waals surface area (Å²) in [6.07, 6.45) is -0.749. The van der Waals surface area contributed by atoms with Crippen LogP contribution in [0.1, 0.15) is 51.4 Å². The molecule has 1 fully saturated rings. The van der Waals surface area contributed by atoms with Crippen LogP contribution >= 0.6 is 11.3 Å². The number of rotatable bonds is 20. The second-order valence-electron chi connectivity index (χ2n) is 12.9. The lowest BCUT2D eigenvalue weighted by Crippen LogP contribution is -2.58. The van der Waals surface area contributed by atoms with E-state index in [1.165, 1.54) is 4.90 Å². The highest BCUT2D eigenvalue weighted by Crippen LogP contribution is 2.29. The first kappa shape index (κ1) is 39.5. The van der Waals surface area contributed by atoms with Crippen molar-refractivity contribution in [3.8, 4) is 10.4 Å². The van der Waals surface area contributed by atoms with Crippen molar-refractivity contribution >= 4 is 29.1 Å². The lowest BCUT2D eigenvalue weighted by atomic mass is 9.85. The summed E-state index contributed by atoms with van der Waals surface area (Å²) >= 11 is 1.58. The Morgan fingerprint density at radius 1 is 0.979 bits per heavy atom. The number of nitrogens with zero attached hydrogens (tertiary/aromatic N) is 2. The van der Waals surface area contributed by atoms with Crippen LogP contribution in [0.25, 0.3) is 10.4 Å². The van der Waals surface area contributed by atoms with Gasteiger partial charge in [-0.1, -0.05) is 45.0 Å². The molecule has 3 amide bonds. The normalized spacial score (nSPS) is 17.7. The van der Waals surface area contributed by atoms with Gasteiger partial charge in [0.25, 0.3) is 0 Å². The number of hydrogen-bond acceptors (Lipinski definition) is 11. The number of aryl methyl sites for hydroxylation is 1. The van der Waals surface area contributed by atoms with Crippen molar-refractivity contribution in [2.45, 2.75) is 65.3 Å². The van der Waals surface area contributed by atoms with Crippen molar-refractivity contribution in [3.63, 3.8) is 0 Å². The highest BCUT2D eigenvalue weighted by Gasteiger charge is 2.44. The topological polar surface area (TPSA) is 161 Å². The van der Waals surface area contributed by atoms with Gasteiger partial charge in [-0.05, 0) is 37.4 Å². The highest BCUT2D eigenvalue weighted by atomic mass is 32.1. The summed E-state index contributed by atoms with van der Waals surface area (Å²) in [5.41, 5.74) is 4.08. The predicted molar refractivity (Wildman–Crippen MR) is 184 cm³/mol. The molecule has 0 radical (unpaired) electrons. The van der Waals surface area contributed by atoms with Crippen LogP contribution in [-0.2, 0) is 33.3 Å². The van der Waals surface area contributed by atoms with E-state index in [-0.39, 0.29) is 44.7 Å². The monoisotopic (exact) mass is 691 g/mol. The van der Waals surface area contributed by atoms with E-state index in [9.17, 15) is 19.5 Å². The van der Waals surface area contributed by atoms with E-state index in [0.29, 0.717) is 33.0 Å². The van der Waals surface area contributed by atoms with Crippen molar-refractivity contribution in [1.29, 1.82) is 0 Å². The summed E-state index contributed by atoms with van der Waals surface area (Å²) in [7, 11) is 1.87. The molecule has 2 heterocycles. The molecule has 13 nitrogen and oxygen atoms in total. The third-order valence-corrected chi connectivity index (χ3v) is 8.88. The van der Waals surface area contributed by atoms with E-state index in [1.54, 1.807) is 11.3 Å². The van der Waals surface area contributed by atoms with Crippen LogP contribution in [0.5, 0.6) is 0 Å². The van der Waals surface area contributed by atoms with Crippen LogP contribution in [0, 0.1) is 12.3 Å².